The van der Waals surface area contributed by atoms with E-state index in [2.05, 4.69) is 5.32 Å². The van der Waals surface area contributed by atoms with E-state index in [1.165, 1.54) is 11.2 Å². The molecule has 3 heterocycles. The molecule has 3 aliphatic rings. The monoisotopic (exact) mass is 419 g/mol. The Balaban J connectivity index is 1.50. The highest BCUT2D eigenvalue weighted by molar-refractivity contribution is 5.96. The number of carbonyl (C=O) groups excluding carboxylic acids is 3. The molecule has 1 atom stereocenters. The average molecular weight is 419 g/mol. The maximum absolute atomic E-state index is 13.3. The van der Waals surface area contributed by atoms with E-state index in [1.54, 1.807) is 19.2 Å². The number of methoxy groups -OCH3 is 1. The Kier molecular flexibility index (Phi) is 6.10. The fraction of sp³-hybridized carbons (Fsp3) is 0.667. The predicted octanol–water partition coefficient (Wildman–Crippen LogP) is 1.00. The quantitative estimate of drug-likeness (QED) is 0.691. The summed E-state index contributed by atoms with van der Waals surface area (Å²) in [6, 6.07) is 2.47. The van der Waals surface area contributed by atoms with E-state index in [0.29, 0.717) is 39.1 Å². The standard InChI is InChI=1S/C21H29N3O6/c1-28-13-9-22-18(25)16-14-30-21(24(16)20(27)17-6-3-12-29-17)7-10-23(11-8-21)19(26)15-4-2-5-15/h3,6,12,15-16H,2,4-5,7-11,13-14H2,1H3,(H,22,25). The highest BCUT2D eigenvalue weighted by Crippen LogP contribution is 2.39. The molecule has 2 aliphatic heterocycles. The van der Waals surface area contributed by atoms with Crippen LogP contribution in [-0.4, -0.2) is 79.2 Å². The van der Waals surface area contributed by atoms with Crippen molar-refractivity contribution in [1.29, 1.82) is 0 Å². The van der Waals surface area contributed by atoms with Crippen LogP contribution in [0.1, 0.15) is 42.7 Å². The first-order valence-electron chi connectivity index (χ1n) is 10.6. The molecule has 4 rings (SSSR count). The first kappa shape index (κ1) is 20.9. The summed E-state index contributed by atoms with van der Waals surface area (Å²) in [5.41, 5.74) is -0.913. The fourth-order valence-corrected chi connectivity index (χ4v) is 4.47. The molecule has 2 saturated heterocycles. The van der Waals surface area contributed by atoms with Gasteiger partial charge in [-0.1, -0.05) is 6.42 Å². The van der Waals surface area contributed by atoms with Crippen molar-refractivity contribution in [3.63, 3.8) is 0 Å². The molecule has 30 heavy (non-hydrogen) atoms. The van der Waals surface area contributed by atoms with Crippen molar-refractivity contribution in [3.8, 4) is 0 Å². The van der Waals surface area contributed by atoms with Gasteiger partial charge in [0.15, 0.2) is 5.76 Å². The lowest BCUT2D eigenvalue weighted by atomic mass is 9.83. The lowest BCUT2D eigenvalue weighted by molar-refractivity contribution is -0.149. The Morgan fingerprint density at radius 2 is 2.03 bits per heavy atom. The van der Waals surface area contributed by atoms with E-state index in [1.807, 2.05) is 4.90 Å². The van der Waals surface area contributed by atoms with Gasteiger partial charge in [0.1, 0.15) is 11.8 Å². The Bertz CT molecular complexity index is 768. The van der Waals surface area contributed by atoms with E-state index in [-0.39, 0.29) is 36.0 Å². The number of piperidine rings is 1. The molecule has 1 saturated carbocycles. The van der Waals surface area contributed by atoms with Crippen LogP contribution in [0, 0.1) is 5.92 Å². The second-order valence-electron chi connectivity index (χ2n) is 8.16. The zero-order valence-corrected chi connectivity index (χ0v) is 17.3. The molecular formula is C21H29N3O6. The fourth-order valence-electron chi connectivity index (χ4n) is 4.47. The van der Waals surface area contributed by atoms with Gasteiger partial charge in [-0.2, -0.15) is 0 Å². The minimum Gasteiger partial charge on any atom is -0.459 e. The van der Waals surface area contributed by atoms with Gasteiger partial charge in [0.2, 0.25) is 11.8 Å². The zero-order valence-electron chi connectivity index (χ0n) is 17.3. The zero-order chi connectivity index (χ0) is 21.1. The van der Waals surface area contributed by atoms with Crippen LogP contribution in [0.25, 0.3) is 0 Å². The molecule has 3 fully saturated rings. The highest BCUT2D eigenvalue weighted by atomic mass is 16.5. The van der Waals surface area contributed by atoms with Gasteiger partial charge < -0.3 is 24.1 Å². The van der Waals surface area contributed by atoms with E-state index in [9.17, 15) is 14.4 Å². The van der Waals surface area contributed by atoms with Crippen molar-refractivity contribution < 1.29 is 28.3 Å². The summed E-state index contributed by atoms with van der Waals surface area (Å²) in [6.07, 6.45) is 5.42. The number of hydrogen-bond acceptors (Lipinski definition) is 6. The molecule has 0 bridgehead atoms. The van der Waals surface area contributed by atoms with Crippen molar-refractivity contribution in [2.75, 3.05) is 40.0 Å². The summed E-state index contributed by atoms with van der Waals surface area (Å²) in [7, 11) is 1.56. The lowest BCUT2D eigenvalue weighted by Gasteiger charge is -2.45. The van der Waals surface area contributed by atoms with Gasteiger partial charge >= 0.3 is 0 Å². The summed E-state index contributed by atoms with van der Waals surface area (Å²) in [5, 5.41) is 2.80. The van der Waals surface area contributed by atoms with Crippen LogP contribution in [0.3, 0.4) is 0 Å². The molecule has 1 unspecified atom stereocenters. The Labute approximate surface area is 175 Å². The topological polar surface area (TPSA) is 101 Å². The average Bonchev–Trinajstić information content (AvgIpc) is 3.36. The number of nitrogens with one attached hydrogen (secondary N) is 1. The molecule has 1 aromatic heterocycles. The molecule has 1 N–H and O–H groups in total. The number of nitrogens with zero attached hydrogens (tertiary/aromatic N) is 2. The molecule has 1 spiro atoms. The number of hydrogen-bond donors (Lipinski definition) is 1. The summed E-state index contributed by atoms with van der Waals surface area (Å²) in [6.45, 7) is 1.87. The number of carbonyl (C=O) groups is 3. The third-order valence-corrected chi connectivity index (χ3v) is 6.43. The van der Waals surface area contributed by atoms with Crippen LogP contribution < -0.4 is 5.32 Å². The molecular weight excluding hydrogens is 390 g/mol. The van der Waals surface area contributed by atoms with Crippen LogP contribution in [0.4, 0.5) is 0 Å². The summed E-state index contributed by atoms with van der Waals surface area (Å²) < 4.78 is 16.4. The van der Waals surface area contributed by atoms with E-state index < -0.39 is 11.8 Å². The van der Waals surface area contributed by atoms with Gasteiger partial charge in [0.25, 0.3) is 5.91 Å². The molecule has 1 aromatic rings. The number of amides is 3. The van der Waals surface area contributed by atoms with Crippen molar-refractivity contribution in [3.05, 3.63) is 24.2 Å². The van der Waals surface area contributed by atoms with Gasteiger partial charge in [0, 0.05) is 45.5 Å². The molecule has 9 heteroatoms. The van der Waals surface area contributed by atoms with Gasteiger partial charge in [-0.25, -0.2) is 0 Å². The number of furan rings is 1. The van der Waals surface area contributed by atoms with Crippen LogP contribution in [-0.2, 0) is 19.1 Å². The summed E-state index contributed by atoms with van der Waals surface area (Å²) in [4.78, 5) is 42.1. The maximum Gasteiger partial charge on any atom is 0.292 e. The van der Waals surface area contributed by atoms with Gasteiger partial charge in [-0.15, -0.1) is 0 Å². The Hall–Kier alpha value is -2.39. The minimum atomic E-state index is -0.913. The Morgan fingerprint density at radius 3 is 2.63 bits per heavy atom. The molecule has 3 amide bonds. The van der Waals surface area contributed by atoms with Crippen LogP contribution in [0.5, 0.6) is 0 Å². The number of rotatable bonds is 6. The predicted molar refractivity (Wildman–Crippen MR) is 105 cm³/mol. The van der Waals surface area contributed by atoms with E-state index in [0.717, 1.165) is 19.3 Å². The Morgan fingerprint density at radius 1 is 1.27 bits per heavy atom. The normalized spacial score (nSPS) is 23.4. The number of likely N-dealkylation sites (tertiary alicyclic amines) is 1. The van der Waals surface area contributed by atoms with Crippen molar-refractivity contribution in [2.45, 2.75) is 43.9 Å². The van der Waals surface area contributed by atoms with E-state index in [4.69, 9.17) is 13.9 Å². The van der Waals surface area contributed by atoms with Gasteiger partial charge in [0.05, 0.1) is 19.5 Å². The molecule has 1 aliphatic carbocycles. The second-order valence-corrected chi connectivity index (χ2v) is 8.16. The molecule has 164 valence electrons. The third-order valence-electron chi connectivity index (χ3n) is 6.43. The lowest BCUT2D eigenvalue weighted by Crippen LogP contribution is -2.60. The highest BCUT2D eigenvalue weighted by Gasteiger charge is 2.55. The van der Waals surface area contributed by atoms with Crippen LogP contribution >= 0.6 is 0 Å². The van der Waals surface area contributed by atoms with Gasteiger partial charge in [-0.05, 0) is 25.0 Å². The first-order valence-corrected chi connectivity index (χ1v) is 10.6. The molecule has 9 nitrogen and oxygen atoms in total. The van der Waals surface area contributed by atoms with Crippen molar-refractivity contribution in [1.82, 2.24) is 15.1 Å². The maximum atomic E-state index is 13.3. The first-order chi connectivity index (χ1) is 14.6. The summed E-state index contributed by atoms with van der Waals surface area (Å²) in [5.74, 6) is -0.141. The van der Waals surface area contributed by atoms with Crippen LogP contribution in [0.2, 0.25) is 0 Å². The molecule has 0 aromatic carbocycles. The summed E-state index contributed by atoms with van der Waals surface area (Å²) >= 11 is 0. The van der Waals surface area contributed by atoms with Crippen LogP contribution in [0.15, 0.2) is 22.8 Å². The number of ether oxygens (including phenoxy) is 2. The second kappa shape index (κ2) is 8.77. The minimum absolute atomic E-state index is 0.113. The SMILES string of the molecule is COCCNC(=O)C1COC2(CCN(C(=O)C3CCC3)CC2)N1C(=O)c1ccco1. The van der Waals surface area contributed by atoms with Crippen molar-refractivity contribution >= 4 is 17.7 Å². The molecule has 0 radical (unpaired) electrons. The third kappa shape index (κ3) is 3.83. The van der Waals surface area contributed by atoms with E-state index >= 15 is 0 Å². The largest absolute Gasteiger partial charge is 0.459 e. The van der Waals surface area contributed by atoms with Crippen molar-refractivity contribution in [2.24, 2.45) is 5.92 Å². The smallest absolute Gasteiger partial charge is 0.292 e. The van der Waals surface area contributed by atoms with Gasteiger partial charge in [-0.3, -0.25) is 19.3 Å².